The first-order chi connectivity index (χ1) is 14.2. The second-order valence-electron chi connectivity index (χ2n) is 8.38. The highest BCUT2D eigenvalue weighted by molar-refractivity contribution is 7.92. The first kappa shape index (κ1) is 22.3. The van der Waals surface area contributed by atoms with Gasteiger partial charge in [0.15, 0.2) is 0 Å². The van der Waals surface area contributed by atoms with Crippen LogP contribution in [0.2, 0.25) is 0 Å². The molecule has 1 aliphatic rings. The number of likely N-dealkylation sites (tertiary alicyclic amines) is 1. The number of piperidine rings is 1. The molecule has 1 fully saturated rings. The summed E-state index contributed by atoms with van der Waals surface area (Å²) in [6, 6.07) is 15.0. The second kappa shape index (κ2) is 9.18. The van der Waals surface area contributed by atoms with E-state index < -0.39 is 10.0 Å². The van der Waals surface area contributed by atoms with Gasteiger partial charge in [0.05, 0.1) is 10.6 Å². The standard InChI is InChI=1S/C23H31N3O3S/c1-23(2,26-16-8-5-9-17-26)18-24-22(27)19-12-14-21(15-13-19)30(28,29)25(3)20-10-6-4-7-11-20/h4,6-7,10-15H,5,8-9,16-18H2,1-3H3,(H,24,27). The average molecular weight is 430 g/mol. The Hall–Kier alpha value is -2.38. The van der Waals surface area contributed by atoms with Crippen molar-refractivity contribution >= 4 is 21.6 Å². The molecule has 0 aromatic heterocycles. The maximum Gasteiger partial charge on any atom is 0.264 e. The van der Waals surface area contributed by atoms with Crippen LogP contribution in [-0.4, -0.2) is 51.4 Å². The first-order valence-corrected chi connectivity index (χ1v) is 11.8. The zero-order valence-electron chi connectivity index (χ0n) is 18.0. The third-order valence-electron chi connectivity index (χ3n) is 5.79. The molecule has 3 rings (SSSR count). The van der Waals surface area contributed by atoms with Gasteiger partial charge in [0.2, 0.25) is 0 Å². The smallest absolute Gasteiger partial charge is 0.264 e. The van der Waals surface area contributed by atoms with Crippen LogP contribution in [0.3, 0.4) is 0 Å². The van der Waals surface area contributed by atoms with Crippen LogP contribution in [0.25, 0.3) is 0 Å². The van der Waals surface area contributed by atoms with E-state index >= 15 is 0 Å². The van der Waals surface area contributed by atoms with Crippen LogP contribution < -0.4 is 9.62 Å². The fourth-order valence-corrected chi connectivity index (χ4v) is 4.92. The molecule has 7 heteroatoms. The van der Waals surface area contributed by atoms with Gasteiger partial charge < -0.3 is 5.32 Å². The van der Waals surface area contributed by atoms with E-state index in [1.807, 2.05) is 6.07 Å². The fourth-order valence-electron chi connectivity index (χ4n) is 3.72. The monoisotopic (exact) mass is 429 g/mol. The minimum Gasteiger partial charge on any atom is -0.350 e. The van der Waals surface area contributed by atoms with E-state index in [1.54, 1.807) is 36.4 Å². The molecule has 162 valence electrons. The number of amides is 1. The number of carbonyl (C=O) groups excluding carboxylic acids is 1. The van der Waals surface area contributed by atoms with Gasteiger partial charge in [-0.15, -0.1) is 0 Å². The molecule has 1 amide bonds. The van der Waals surface area contributed by atoms with E-state index in [0.717, 1.165) is 13.1 Å². The number of hydrogen-bond donors (Lipinski definition) is 1. The Balaban J connectivity index is 1.65. The Kier molecular flexibility index (Phi) is 6.83. The van der Waals surface area contributed by atoms with Crippen LogP contribution in [0.15, 0.2) is 59.5 Å². The molecule has 0 spiro atoms. The summed E-state index contributed by atoms with van der Waals surface area (Å²) in [5.74, 6) is -0.194. The minimum absolute atomic E-state index is 0.113. The summed E-state index contributed by atoms with van der Waals surface area (Å²) in [5, 5.41) is 3.00. The summed E-state index contributed by atoms with van der Waals surface area (Å²) in [4.78, 5) is 15.2. The number of benzene rings is 2. The lowest BCUT2D eigenvalue weighted by molar-refractivity contribution is 0.0797. The third-order valence-corrected chi connectivity index (χ3v) is 7.59. The topological polar surface area (TPSA) is 69.7 Å². The molecule has 1 saturated heterocycles. The number of anilines is 1. The van der Waals surface area contributed by atoms with E-state index in [9.17, 15) is 13.2 Å². The average Bonchev–Trinajstić information content (AvgIpc) is 2.78. The van der Waals surface area contributed by atoms with Gasteiger partial charge in [0.1, 0.15) is 0 Å². The highest BCUT2D eigenvalue weighted by Gasteiger charge is 2.28. The number of hydrogen-bond acceptors (Lipinski definition) is 4. The summed E-state index contributed by atoms with van der Waals surface area (Å²) in [6.45, 7) is 6.96. The summed E-state index contributed by atoms with van der Waals surface area (Å²) in [5.41, 5.74) is 0.919. The summed E-state index contributed by atoms with van der Waals surface area (Å²) >= 11 is 0. The number of para-hydroxylation sites is 1. The molecule has 0 aliphatic carbocycles. The summed E-state index contributed by atoms with van der Waals surface area (Å²) < 4.78 is 27.0. The van der Waals surface area contributed by atoms with Crippen molar-refractivity contribution in [3.05, 3.63) is 60.2 Å². The maximum absolute atomic E-state index is 12.9. The molecule has 0 unspecified atom stereocenters. The zero-order chi connectivity index (χ0) is 21.8. The van der Waals surface area contributed by atoms with Crippen LogP contribution in [0.4, 0.5) is 5.69 Å². The van der Waals surface area contributed by atoms with E-state index in [0.29, 0.717) is 17.8 Å². The van der Waals surface area contributed by atoms with Gasteiger partial charge in [-0.2, -0.15) is 0 Å². The predicted molar refractivity (Wildman–Crippen MR) is 120 cm³/mol. The Morgan fingerprint density at radius 2 is 1.60 bits per heavy atom. The van der Waals surface area contributed by atoms with Gasteiger partial charge in [0, 0.05) is 24.7 Å². The van der Waals surface area contributed by atoms with E-state index in [4.69, 9.17) is 0 Å². The SMILES string of the molecule is CN(c1ccccc1)S(=O)(=O)c1ccc(C(=O)NCC(C)(C)N2CCCCC2)cc1. The van der Waals surface area contributed by atoms with Gasteiger partial charge in [-0.3, -0.25) is 14.0 Å². The van der Waals surface area contributed by atoms with Crippen molar-refractivity contribution < 1.29 is 13.2 Å². The van der Waals surface area contributed by atoms with Crippen molar-refractivity contribution in [2.24, 2.45) is 0 Å². The van der Waals surface area contributed by atoms with Gasteiger partial charge in [-0.1, -0.05) is 24.6 Å². The second-order valence-corrected chi connectivity index (χ2v) is 10.3. The van der Waals surface area contributed by atoms with Gasteiger partial charge in [-0.05, 0) is 76.2 Å². The fraction of sp³-hybridized carbons (Fsp3) is 0.435. The molecule has 0 bridgehead atoms. The molecule has 1 N–H and O–H groups in total. The highest BCUT2D eigenvalue weighted by atomic mass is 32.2. The molecule has 0 atom stereocenters. The lowest BCUT2D eigenvalue weighted by Gasteiger charge is -2.41. The van der Waals surface area contributed by atoms with Gasteiger partial charge in [0.25, 0.3) is 15.9 Å². The molecule has 2 aromatic rings. The Labute approximate surface area is 179 Å². The molecule has 30 heavy (non-hydrogen) atoms. The van der Waals surface area contributed by atoms with Gasteiger partial charge in [-0.25, -0.2) is 8.42 Å². The van der Waals surface area contributed by atoms with Crippen LogP contribution in [0.1, 0.15) is 43.5 Å². The Bertz CT molecular complexity index is 951. The van der Waals surface area contributed by atoms with E-state index in [-0.39, 0.29) is 16.3 Å². The maximum atomic E-state index is 12.9. The number of nitrogens with zero attached hydrogens (tertiary/aromatic N) is 2. The van der Waals surface area contributed by atoms with E-state index in [2.05, 4.69) is 24.1 Å². The molecule has 6 nitrogen and oxygen atoms in total. The third kappa shape index (κ3) is 5.02. The van der Waals surface area contributed by atoms with Crippen molar-refractivity contribution in [1.29, 1.82) is 0 Å². The van der Waals surface area contributed by atoms with Crippen LogP contribution in [0, 0.1) is 0 Å². The largest absolute Gasteiger partial charge is 0.350 e. The normalized spacial score (nSPS) is 15.6. The van der Waals surface area contributed by atoms with Crippen molar-refractivity contribution in [2.45, 2.75) is 43.5 Å². The van der Waals surface area contributed by atoms with Crippen molar-refractivity contribution in [1.82, 2.24) is 10.2 Å². The first-order valence-electron chi connectivity index (χ1n) is 10.4. The number of sulfonamides is 1. The molecule has 0 saturated carbocycles. The van der Waals surface area contributed by atoms with Crippen LogP contribution >= 0.6 is 0 Å². The van der Waals surface area contributed by atoms with E-state index in [1.165, 1.54) is 42.7 Å². The number of nitrogens with one attached hydrogen (secondary N) is 1. The van der Waals surface area contributed by atoms with Crippen LogP contribution in [0.5, 0.6) is 0 Å². The molecule has 2 aromatic carbocycles. The lowest BCUT2D eigenvalue weighted by Crippen LogP contribution is -2.53. The van der Waals surface area contributed by atoms with Gasteiger partial charge >= 0.3 is 0 Å². The van der Waals surface area contributed by atoms with Crippen LogP contribution in [-0.2, 0) is 10.0 Å². The molecule has 1 aliphatic heterocycles. The Morgan fingerprint density at radius 3 is 2.20 bits per heavy atom. The summed E-state index contributed by atoms with van der Waals surface area (Å²) in [6.07, 6.45) is 3.67. The quantitative estimate of drug-likeness (QED) is 0.731. The predicted octanol–water partition coefficient (Wildman–Crippen LogP) is 3.51. The highest BCUT2D eigenvalue weighted by Crippen LogP contribution is 2.22. The Morgan fingerprint density at radius 1 is 1.00 bits per heavy atom. The number of rotatable bonds is 7. The molecule has 1 heterocycles. The van der Waals surface area contributed by atoms with Crippen molar-refractivity contribution in [3.63, 3.8) is 0 Å². The minimum atomic E-state index is -3.69. The molecular weight excluding hydrogens is 398 g/mol. The molecule has 0 radical (unpaired) electrons. The van der Waals surface area contributed by atoms with Crippen molar-refractivity contribution in [3.8, 4) is 0 Å². The summed E-state index contributed by atoms with van der Waals surface area (Å²) in [7, 11) is -2.17. The number of carbonyl (C=O) groups is 1. The zero-order valence-corrected chi connectivity index (χ0v) is 18.8. The lowest BCUT2D eigenvalue weighted by atomic mass is 9.98. The van der Waals surface area contributed by atoms with Crippen molar-refractivity contribution in [2.75, 3.05) is 31.0 Å². The molecular formula is C23H31N3O3S.